The fourth-order valence-electron chi connectivity index (χ4n) is 2.41. The van der Waals surface area contributed by atoms with Gasteiger partial charge in [0, 0.05) is 12.2 Å². The second-order valence-corrected chi connectivity index (χ2v) is 7.10. The van der Waals surface area contributed by atoms with Crippen molar-refractivity contribution in [2.24, 2.45) is 0 Å². The zero-order valence-corrected chi connectivity index (χ0v) is 14.2. The molecule has 0 bridgehead atoms. The Morgan fingerprint density at radius 2 is 1.91 bits per heavy atom. The smallest absolute Gasteiger partial charge is 0.247 e. The maximum absolute atomic E-state index is 12.7. The number of rotatable bonds is 4. The Kier molecular flexibility index (Phi) is 4.54. The number of anilines is 2. The van der Waals surface area contributed by atoms with E-state index in [1.54, 1.807) is 29.2 Å². The van der Waals surface area contributed by atoms with Crippen molar-refractivity contribution in [3.05, 3.63) is 54.1 Å². The number of thiocarbonyl (C=S) groups is 1. The predicted molar refractivity (Wildman–Crippen MR) is 99.2 cm³/mol. The second-order valence-electron chi connectivity index (χ2n) is 5.26. The molecule has 118 valence electrons. The van der Waals surface area contributed by atoms with Gasteiger partial charge in [0.05, 0.1) is 5.69 Å². The third-order valence-electron chi connectivity index (χ3n) is 3.64. The van der Waals surface area contributed by atoms with E-state index in [4.69, 9.17) is 12.2 Å². The fourth-order valence-corrected chi connectivity index (χ4v) is 3.86. The molecule has 1 saturated heterocycles. The van der Waals surface area contributed by atoms with Gasteiger partial charge < -0.3 is 10.4 Å². The van der Waals surface area contributed by atoms with Crippen molar-refractivity contribution in [1.82, 2.24) is 0 Å². The van der Waals surface area contributed by atoms with Gasteiger partial charge in [-0.3, -0.25) is 9.69 Å². The first-order chi connectivity index (χ1) is 11.1. The minimum Gasteiger partial charge on any atom is -0.508 e. The topological polar surface area (TPSA) is 52.6 Å². The molecule has 0 saturated carbocycles. The van der Waals surface area contributed by atoms with Crippen molar-refractivity contribution >= 4 is 45.6 Å². The van der Waals surface area contributed by atoms with Gasteiger partial charge in [0.2, 0.25) is 5.91 Å². The average Bonchev–Trinajstić information content (AvgIpc) is 2.82. The minimum absolute atomic E-state index is 0.000536. The van der Waals surface area contributed by atoms with Crippen LogP contribution in [0.1, 0.15) is 5.56 Å². The number of phenolic OH excluding ortho intramolecular Hbond substituents is 1. The number of nitrogens with zero attached hydrogens (tertiary/aromatic N) is 1. The van der Waals surface area contributed by atoms with E-state index in [0.717, 1.165) is 16.9 Å². The van der Waals surface area contributed by atoms with E-state index >= 15 is 0 Å². The monoisotopic (exact) mass is 344 g/mol. The van der Waals surface area contributed by atoms with Crippen LogP contribution in [0.3, 0.4) is 0 Å². The molecule has 1 amide bonds. The van der Waals surface area contributed by atoms with Crippen LogP contribution in [0.2, 0.25) is 0 Å². The maximum Gasteiger partial charge on any atom is 0.247 e. The quantitative estimate of drug-likeness (QED) is 0.656. The first-order valence-electron chi connectivity index (χ1n) is 7.19. The number of para-hydroxylation sites is 1. The van der Waals surface area contributed by atoms with E-state index in [2.05, 4.69) is 5.32 Å². The SMILES string of the molecule is Cc1ccccc1N1C(=O)C(CNc2ccc(O)cc2)SC1=S. The molecule has 2 N–H and O–H groups in total. The molecule has 23 heavy (non-hydrogen) atoms. The molecule has 1 aliphatic heterocycles. The Hall–Kier alpha value is -2.05. The molecule has 2 aromatic rings. The van der Waals surface area contributed by atoms with E-state index in [1.165, 1.54) is 11.8 Å². The highest BCUT2D eigenvalue weighted by atomic mass is 32.2. The molecule has 1 fully saturated rings. The number of amides is 1. The number of carbonyl (C=O) groups is 1. The van der Waals surface area contributed by atoms with Gasteiger partial charge in [0.15, 0.2) is 0 Å². The molecule has 2 aromatic carbocycles. The van der Waals surface area contributed by atoms with E-state index in [1.807, 2.05) is 31.2 Å². The van der Waals surface area contributed by atoms with Crippen LogP contribution in [0.15, 0.2) is 48.5 Å². The van der Waals surface area contributed by atoms with Crippen LogP contribution < -0.4 is 10.2 Å². The van der Waals surface area contributed by atoms with Crippen molar-refractivity contribution in [3.8, 4) is 5.75 Å². The largest absolute Gasteiger partial charge is 0.508 e. The second kappa shape index (κ2) is 6.60. The summed E-state index contributed by atoms with van der Waals surface area (Å²) in [4.78, 5) is 14.3. The number of carbonyl (C=O) groups excluding carboxylic acids is 1. The van der Waals surface area contributed by atoms with E-state index < -0.39 is 0 Å². The van der Waals surface area contributed by atoms with Gasteiger partial charge in [-0.25, -0.2) is 0 Å². The van der Waals surface area contributed by atoms with Gasteiger partial charge in [0.25, 0.3) is 0 Å². The molecule has 4 nitrogen and oxygen atoms in total. The van der Waals surface area contributed by atoms with Gasteiger partial charge in [0.1, 0.15) is 15.3 Å². The Morgan fingerprint density at radius 3 is 2.61 bits per heavy atom. The number of aryl methyl sites for hydroxylation is 1. The standard InChI is InChI=1S/C17H16N2O2S2/c1-11-4-2-3-5-14(11)19-16(21)15(23-17(19)22)10-18-12-6-8-13(20)9-7-12/h2-9,15,18,20H,10H2,1H3. The van der Waals surface area contributed by atoms with Gasteiger partial charge in [-0.05, 0) is 42.8 Å². The lowest BCUT2D eigenvalue weighted by Crippen LogP contribution is -2.34. The van der Waals surface area contributed by atoms with Gasteiger partial charge >= 0.3 is 0 Å². The third kappa shape index (κ3) is 3.33. The number of phenols is 1. The molecule has 1 aliphatic rings. The Morgan fingerprint density at radius 1 is 1.22 bits per heavy atom. The lowest BCUT2D eigenvalue weighted by Gasteiger charge is -2.18. The van der Waals surface area contributed by atoms with Crippen LogP contribution in [0.5, 0.6) is 5.75 Å². The van der Waals surface area contributed by atoms with Crippen LogP contribution >= 0.6 is 24.0 Å². The summed E-state index contributed by atoms with van der Waals surface area (Å²) in [6.45, 7) is 2.45. The summed E-state index contributed by atoms with van der Waals surface area (Å²) in [7, 11) is 0. The number of benzene rings is 2. The number of thioether (sulfide) groups is 1. The summed E-state index contributed by atoms with van der Waals surface area (Å²) >= 11 is 6.80. The Labute approximate surface area is 144 Å². The van der Waals surface area contributed by atoms with E-state index in [0.29, 0.717) is 10.9 Å². The molecule has 0 spiro atoms. The first-order valence-corrected chi connectivity index (χ1v) is 8.48. The van der Waals surface area contributed by atoms with Gasteiger partial charge in [-0.1, -0.05) is 42.2 Å². The molecular weight excluding hydrogens is 328 g/mol. The average molecular weight is 344 g/mol. The number of hydrogen-bond donors (Lipinski definition) is 2. The van der Waals surface area contributed by atoms with Crippen LogP contribution in [-0.2, 0) is 4.79 Å². The third-order valence-corrected chi connectivity index (χ3v) is 5.14. The van der Waals surface area contributed by atoms with Crippen molar-refractivity contribution in [1.29, 1.82) is 0 Å². The Bertz CT molecular complexity index is 747. The molecule has 0 radical (unpaired) electrons. The summed E-state index contributed by atoms with van der Waals surface area (Å²) in [5, 5.41) is 12.2. The van der Waals surface area contributed by atoms with Crippen molar-refractivity contribution < 1.29 is 9.90 Å². The number of aromatic hydroxyl groups is 1. The molecule has 1 unspecified atom stereocenters. The van der Waals surface area contributed by atoms with Crippen LogP contribution in [0.4, 0.5) is 11.4 Å². The van der Waals surface area contributed by atoms with E-state index in [9.17, 15) is 9.90 Å². The Balaban J connectivity index is 1.71. The number of hydrogen-bond acceptors (Lipinski definition) is 5. The van der Waals surface area contributed by atoms with Crippen molar-refractivity contribution in [2.75, 3.05) is 16.8 Å². The summed E-state index contributed by atoms with van der Waals surface area (Å²) < 4.78 is 0.585. The number of nitrogens with one attached hydrogen (secondary N) is 1. The maximum atomic E-state index is 12.7. The summed E-state index contributed by atoms with van der Waals surface area (Å²) in [6.07, 6.45) is 0. The fraction of sp³-hybridized carbons (Fsp3) is 0.176. The predicted octanol–water partition coefficient (Wildman–Crippen LogP) is 3.55. The molecule has 1 heterocycles. The highest BCUT2D eigenvalue weighted by Gasteiger charge is 2.38. The van der Waals surface area contributed by atoms with Gasteiger partial charge in [-0.2, -0.15) is 0 Å². The highest BCUT2D eigenvalue weighted by Crippen LogP contribution is 2.33. The molecular formula is C17H16N2O2S2. The lowest BCUT2D eigenvalue weighted by atomic mass is 10.2. The van der Waals surface area contributed by atoms with Gasteiger partial charge in [-0.15, -0.1) is 0 Å². The van der Waals surface area contributed by atoms with Crippen LogP contribution in [-0.4, -0.2) is 27.1 Å². The normalized spacial score (nSPS) is 17.6. The zero-order valence-electron chi connectivity index (χ0n) is 12.5. The van der Waals surface area contributed by atoms with E-state index in [-0.39, 0.29) is 16.9 Å². The van der Waals surface area contributed by atoms with Crippen LogP contribution in [0, 0.1) is 6.92 Å². The lowest BCUT2D eigenvalue weighted by molar-refractivity contribution is -0.116. The minimum atomic E-state index is -0.254. The summed E-state index contributed by atoms with van der Waals surface area (Å²) in [5.41, 5.74) is 2.73. The van der Waals surface area contributed by atoms with Crippen molar-refractivity contribution in [3.63, 3.8) is 0 Å². The molecule has 0 aliphatic carbocycles. The zero-order chi connectivity index (χ0) is 16.4. The molecule has 0 aromatic heterocycles. The molecule has 1 atom stereocenters. The van der Waals surface area contributed by atoms with Crippen LogP contribution in [0.25, 0.3) is 0 Å². The summed E-state index contributed by atoms with van der Waals surface area (Å²) in [5.74, 6) is 0.217. The summed E-state index contributed by atoms with van der Waals surface area (Å²) in [6, 6.07) is 14.5. The first kappa shape index (κ1) is 15.8. The molecule has 6 heteroatoms. The molecule has 3 rings (SSSR count). The van der Waals surface area contributed by atoms with Crippen molar-refractivity contribution in [2.45, 2.75) is 12.2 Å². The highest BCUT2D eigenvalue weighted by molar-refractivity contribution is 8.25.